The van der Waals surface area contributed by atoms with Gasteiger partial charge in [-0.25, -0.2) is 4.98 Å². The first-order chi connectivity index (χ1) is 15.6. The highest BCUT2D eigenvalue weighted by molar-refractivity contribution is 5.78. The Morgan fingerprint density at radius 3 is 2.38 bits per heavy atom. The zero-order chi connectivity index (χ0) is 22.5. The van der Waals surface area contributed by atoms with Crippen molar-refractivity contribution < 1.29 is 9.84 Å². The lowest BCUT2D eigenvalue weighted by molar-refractivity contribution is 0.204. The maximum absolute atomic E-state index is 11.1. The van der Waals surface area contributed by atoms with Crippen LogP contribution in [0.15, 0.2) is 66.7 Å². The van der Waals surface area contributed by atoms with Gasteiger partial charge in [0.25, 0.3) is 0 Å². The molecular formula is C28H32N2O2. The van der Waals surface area contributed by atoms with Crippen LogP contribution in [0.3, 0.4) is 0 Å². The van der Waals surface area contributed by atoms with Crippen LogP contribution in [-0.2, 0) is 13.0 Å². The Labute approximate surface area is 190 Å². The SMILES string of the molecule is CCc1ccc(OCCCCn2c(C(O)c3ccccc3)nc3cc(C)c(C)cc32)cc1. The van der Waals surface area contributed by atoms with Gasteiger partial charge < -0.3 is 14.4 Å². The molecule has 1 aromatic heterocycles. The Morgan fingerprint density at radius 2 is 1.66 bits per heavy atom. The molecule has 1 atom stereocenters. The van der Waals surface area contributed by atoms with E-state index in [2.05, 4.69) is 49.6 Å². The van der Waals surface area contributed by atoms with E-state index in [1.165, 1.54) is 16.7 Å². The summed E-state index contributed by atoms with van der Waals surface area (Å²) in [6, 6.07) is 22.4. The van der Waals surface area contributed by atoms with Crippen molar-refractivity contribution in [3.8, 4) is 5.75 Å². The molecule has 0 aliphatic carbocycles. The van der Waals surface area contributed by atoms with Crippen LogP contribution in [0.2, 0.25) is 0 Å². The summed E-state index contributed by atoms with van der Waals surface area (Å²) in [7, 11) is 0. The molecule has 0 spiro atoms. The second kappa shape index (κ2) is 10.0. The number of fused-ring (bicyclic) bond motifs is 1. The Bertz CT molecular complexity index is 1160. The van der Waals surface area contributed by atoms with Crippen LogP contribution in [0.4, 0.5) is 0 Å². The van der Waals surface area contributed by atoms with E-state index >= 15 is 0 Å². The van der Waals surface area contributed by atoms with Crippen molar-refractivity contribution in [3.63, 3.8) is 0 Å². The lowest BCUT2D eigenvalue weighted by Gasteiger charge is -2.15. The molecule has 0 aliphatic rings. The topological polar surface area (TPSA) is 47.3 Å². The largest absolute Gasteiger partial charge is 0.494 e. The highest BCUT2D eigenvalue weighted by Crippen LogP contribution is 2.28. The quantitative estimate of drug-likeness (QED) is 0.325. The van der Waals surface area contributed by atoms with Crippen LogP contribution in [0.1, 0.15) is 53.9 Å². The predicted octanol–water partition coefficient (Wildman–Crippen LogP) is 6.16. The molecule has 3 aromatic carbocycles. The van der Waals surface area contributed by atoms with Crippen molar-refractivity contribution >= 4 is 11.0 Å². The minimum Gasteiger partial charge on any atom is -0.494 e. The minimum atomic E-state index is -0.752. The Balaban J connectivity index is 1.49. The van der Waals surface area contributed by atoms with Gasteiger partial charge in [0, 0.05) is 6.54 Å². The number of benzene rings is 3. The van der Waals surface area contributed by atoms with Crippen molar-refractivity contribution in [2.24, 2.45) is 0 Å². The molecule has 32 heavy (non-hydrogen) atoms. The van der Waals surface area contributed by atoms with Crippen molar-refractivity contribution in [1.82, 2.24) is 9.55 Å². The molecule has 4 heteroatoms. The fourth-order valence-corrected chi connectivity index (χ4v) is 4.01. The highest BCUT2D eigenvalue weighted by Gasteiger charge is 2.20. The van der Waals surface area contributed by atoms with Gasteiger partial charge in [0.15, 0.2) is 0 Å². The van der Waals surface area contributed by atoms with Crippen molar-refractivity contribution in [3.05, 3.63) is 94.8 Å². The molecule has 0 fully saturated rings. The smallest absolute Gasteiger partial charge is 0.143 e. The zero-order valence-corrected chi connectivity index (χ0v) is 19.2. The second-order valence-corrected chi connectivity index (χ2v) is 8.41. The van der Waals surface area contributed by atoms with Gasteiger partial charge in [0.05, 0.1) is 17.6 Å². The monoisotopic (exact) mass is 428 g/mol. The van der Waals surface area contributed by atoms with Crippen LogP contribution >= 0.6 is 0 Å². The van der Waals surface area contributed by atoms with Gasteiger partial charge in [0.1, 0.15) is 17.7 Å². The molecule has 4 aromatic rings. The molecule has 0 aliphatic heterocycles. The molecule has 0 saturated carbocycles. The average Bonchev–Trinajstić information content (AvgIpc) is 3.16. The number of nitrogens with zero attached hydrogens (tertiary/aromatic N) is 2. The number of aromatic nitrogens is 2. The molecule has 1 unspecified atom stereocenters. The predicted molar refractivity (Wildman–Crippen MR) is 130 cm³/mol. The third-order valence-corrected chi connectivity index (χ3v) is 6.13. The van der Waals surface area contributed by atoms with Gasteiger partial charge in [-0.15, -0.1) is 0 Å². The molecule has 166 valence electrons. The molecule has 0 amide bonds. The minimum absolute atomic E-state index is 0.673. The summed E-state index contributed by atoms with van der Waals surface area (Å²) in [5.41, 5.74) is 6.64. The fourth-order valence-electron chi connectivity index (χ4n) is 4.01. The number of aliphatic hydroxyl groups excluding tert-OH is 1. The maximum atomic E-state index is 11.1. The molecule has 0 bridgehead atoms. The van der Waals surface area contributed by atoms with Crippen LogP contribution in [-0.4, -0.2) is 21.3 Å². The number of imidazole rings is 1. The van der Waals surface area contributed by atoms with Crippen molar-refractivity contribution in [2.45, 2.75) is 52.7 Å². The molecule has 4 nitrogen and oxygen atoms in total. The molecule has 0 saturated heterocycles. The Morgan fingerprint density at radius 1 is 0.938 bits per heavy atom. The van der Waals surface area contributed by atoms with E-state index in [1.807, 2.05) is 42.5 Å². The molecule has 1 N–H and O–H groups in total. The number of unbranched alkanes of at least 4 members (excludes halogenated alkanes) is 1. The lowest BCUT2D eigenvalue weighted by Crippen LogP contribution is -2.11. The maximum Gasteiger partial charge on any atom is 0.143 e. The standard InChI is InChI=1S/C28H32N2O2/c1-4-22-12-14-24(15-13-22)32-17-9-8-16-30-26-19-21(3)20(2)18-25(26)29-28(30)27(31)23-10-6-5-7-11-23/h5-7,10-15,18-19,27,31H,4,8-9,16-17H2,1-3H3. The van der Waals surface area contributed by atoms with Crippen molar-refractivity contribution in [2.75, 3.05) is 6.61 Å². The van der Waals surface area contributed by atoms with E-state index < -0.39 is 6.10 Å². The van der Waals surface area contributed by atoms with E-state index in [1.54, 1.807) is 0 Å². The van der Waals surface area contributed by atoms with Crippen LogP contribution < -0.4 is 4.74 Å². The molecule has 1 heterocycles. The Hall–Kier alpha value is -3.11. The lowest BCUT2D eigenvalue weighted by atomic mass is 10.1. The summed E-state index contributed by atoms with van der Waals surface area (Å²) in [5, 5.41) is 11.1. The summed E-state index contributed by atoms with van der Waals surface area (Å²) in [6.07, 6.45) is 2.16. The van der Waals surface area contributed by atoms with Gasteiger partial charge in [-0.3, -0.25) is 0 Å². The van der Waals surface area contributed by atoms with Crippen LogP contribution in [0.5, 0.6) is 5.75 Å². The Kier molecular flexibility index (Phi) is 6.91. The fraction of sp³-hybridized carbons (Fsp3) is 0.321. The van der Waals surface area contributed by atoms with E-state index in [0.29, 0.717) is 12.4 Å². The normalized spacial score (nSPS) is 12.2. The number of hydrogen-bond donors (Lipinski definition) is 1. The van der Waals surface area contributed by atoms with Gasteiger partial charge in [-0.1, -0.05) is 49.4 Å². The third-order valence-electron chi connectivity index (χ3n) is 6.13. The van der Waals surface area contributed by atoms with E-state index in [9.17, 15) is 5.11 Å². The number of aliphatic hydroxyl groups is 1. The van der Waals surface area contributed by atoms with Crippen molar-refractivity contribution in [1.29, 1.82) is 0 Å². The molecular weight excluding hydrogens is 396 g/mol. The van der Waals surface area contributed by atoms with Gasteiger partial charge in [-0.2, -0.15) is 0 Å². The summed E-state index contributed by atoms with van der Waals surface area (Å²) < 4.78 is 8.10. The van der Waals surface area contributed by atoms with E-state index in [0.717, 1.165) is 48.2 Å². The zero-order valence-electron chi connectivity index (χ0n) is 19.2. The first kappa shape index (κ1) is 22.1. The second-order valence-electron chi connectivity index (χ2n) is 8.41. The number of rotatable bonds is 9. The average molecular weight is 429 g/mol. The number of aryl methyl sites for hydroxylation is 4. The van der Waals surface area contributed by atoms with Crippen LogP contribution in [0, 0.1) is 13.8 Å². The van der Waals surface area contributed by atoms with Crippen LogP contribution in [0.25, 0.3) is 11.0 Å². The van der Waals surface area contributed by atoms with E-state index in [-0.39, 0.29) is 0 Å². The van der Waals surface area contributed by atoms with Gasteiger partial charge >= 0.3 is 0 Å². The summed E-state index contributed by atoms with van der Waals surface area (Å²) >= 11 is 0. The third kappa shape index (κ3) is 4.86. The van der Waals surface area contributed by atoms with Gasteiger partial charge in [0.2, 0.25) is 0 Å². The number of hydrogen-bond acceptors (Lipinski definition) is 3. The molecule has 4 rings (SSSR count). The summed E-state index contributed by atoms with van der Waals surface area (Å²) in [5.74, 6) is 1.62. The van der Waals surface area contributed by atoms with E-state index in [4.69, 9.17) is 9.72 Å². The first-order valence-corrected chi connectivity index (χ1v) is 11.5. The summed E-state index contributed by atoms with van der Waals surface area (Å²) in [6.45, 7) is 7.84. The first-order valence-electron chi connectivity index (χ1n) is 11.5. The summed E-state index contributed by atoms with van der Waals surface area (Å²) in [4.78, 5) is 4.84. The highest BCUT2D eigenvalue weighted by atomic mass is 16.5. The van der Waals surface area contributed by atoms with Gasteiger partial charge in [-0.05, 0) is 79.6 Å². The number of ether oxygens (including phenoxy) is 1. The molecule has 0 radical (unpaired) electrons.